The van der Waals surface area contributed by atoms with Crippen molar-refractivity contribution in [2.45, 2.75) is 51.9 Å². The van der Waals surface area contributed by atoms with Gasteiger partial charge in [0.15, 0.2) is 0 Å². The normalized spacial score (nSPS) is 25.5. The summed E-state index contributed by atoms with van der Waals surface area (Å²) in [7, 11) is 0. The minimum Gasteiger partial charge on any atom is -0.325 e. The number of piperidine rings is 1. The number of amides is 2. The summed E-state index contributed by atoms with van der Waals surface area (Å²) in [6, 6.07) is 7.82. The van der Waals surface area contributed by atoms with Gasteiger partial charge in [0, 0.05) is 23.2 Å². The van der Waals surface area contributed by atoms with Crippen LogP contribution in [0.4, 0.5) is 10.5 Å². The number of urea groups is 1. The Morgan fingerprint density at radius 1 is 1.12 bits per heavy atom. The number of carbonyl (C=O) groups is 1. The van der Waals surface area contributed by atoms with E-state index in [0.29, 0.717) is 0 Å². The van der Waals surface area contributed by atoms with Gasteiger partial charge in [0.2, 0.25) is 0 Å². The van der Waals surface area contributed by atoms with Crippen molar-refractivity contribution >= 4 is 27.6 Å². The quantitative estimate of drug-likeness (QED) is 0.680. The van der Waals surface area contributed by atoms with E-state index in [1.165, 1.54) is 32.1 Å². The van der Waals surface area contributed by atoms with Crippen LogP contribution in [0.15, 0.2) is 28.7 Å². The Hall–Kier alpha value is -1.03. The van der Waals surface area contributed by atoms with Crippen molar-refractivity contribution in [3.63, 3.8) is 0 Å². The SMILES string of the molecule is CC1CCC(CC2CCN(C(=O)Nc3cccc(Br)c3)CC2)CC1. The van der Waals surface area contributed by atoms with Crippen LogP contribution in [0.5, 0.6) is 0 Å². The van der Waals surface area contributed by atoms with Gasteiger partial charge in [-0.15, -0.1) is 0 Å². The van der Waals surface area contributed by atoms with Crippen LogP contribution in [0.1, 0.15) is 51.9 Å². The zero-order chi connectivity index (χ0) is 16.9. The predicted octanol–water partition coefficient (Wildman–Crippen LogP) is 5.91. The minimum atomic E-state index is 0.0399. The van der Waals surface area contributed by atoms with Gasteiger partial charge in [0.05, 0.1) is 0 Å². The largest absolute Gasteiger partial charge is 0.325 e. The van der Waals surface area contributed by atoms with Gasteiger partial charge in [-0.2, -0.15) is 0 Å². The zero-order valence-corrected chi connectivity index (χ0v) is 16.2. The van der Waals surface area contributed by atoms with E-state index < -0.39 is 0 Å². The van der Waals surface area contributed by atoms with Crippen molar-refractivity contribution in [1.29, 1.82) is 0 Å². The fourth-order valence-electron chi connectivity index (χ4n) is 4.18. The Kier molecular flexibility index (Phi) is 6.20. The molecule has 2 aliphatic rings. The molecule has 0 spiro atoms. The number of nitrogens with one attached hydrogen (secondary N) is 1. The number of hydrogen-bond donors (Lipinski definition) is 1. The molecular weight excluding hydrogens is 364 g/mol. The smallest absolute Gasteiger partial charge is 0.321 e. The van der Waals surface area contributed by atoms with Crippen molar-refractivity contribution in [1.82, 2.24) is 4.90 Å². The molecule has 2 fully saturated rings. The molecule has 1 aliphatic carbocycles. The Morgan fingerprint density at radius 2 is 1.79 bits per heavy atom. The summed E-state index contributed by atoms with van der Waals surface area (Å²) in [6.07, 6.45) is 9.39. The number of hydrogen-bond acceptors (Lipinski definition) is 1. The summed E-state index contributed by atoms with van der Waals surface area (Å²) < 4.78 is 0.987. The zero-order valence-electron chi connectivity index (χ0n) is 14.6. The first-order valence-corrected chi connectivity index (χ1v) is 10.2. The second-order valence-corrected chi connectivity index (χ2v) is 8.65. The number of likely N-dealkylation sites (tertiary alicyclic amines) is 1. The summed E-state index contributed by atoms with van der Waals surface area (Å²) in [6.45, 7) is 4.18. The van der Waals surface area contributed by atoms with Gasteiger partial charge in [-0.3, -0.25) is 0 Å². The molecule has 1 saturated heterocycles. The molecule has 1 aromatic carbocycles. The van der Waals surface area contributed by atoms with Gasteiger partial charge >= 0.3 is 6.03 Å². The number of nitrogens with zero attached hydrogens (tertiary/aromatic N) is 1. The lowest BCUT2D eigenvalue weighted by molar-refractivity contribution is 0.162. The van der Waals surface area contributed by atoms with Crippen molar-refractivity contribution in [3.05, 3.63) is 28.7 Å². The van der Waals surface area contributed by atoms with Crippen LogP contribution in [0.3, 0.4) is 0 Å². The highest BCUT2D eigenvalue weighted by molar-refractivity contribution is 9.10. The van der Waals surface area contributed by atoms with Gasteiger partial charge in [0.25, 0.3) is 0 Å². The molecule has 0 atom stereocenters. The average molecular weight is 393 g/mol. The molecule has 1 N–H and O–H groups in total. The average Bonchev–Trinajstić information content (AvgIpc) is 2.57. The molecule has 3 rings (SSSR count). The molecular formula is C20H29BrN2O. The lowest BCUT2D eigenvalue weighted by atomic mass is 9.77. The van der Waals surface area contributed by atoms with Gasteiger partial charge in [-0.25, -0.2) is 4.79 Å². The first kappa shape index (κ1) is 17.8. The van der Waals surface area contributed by atoms with E-state index >= 15 is 0 Å². The van der Waals surface area contributed by atoms with E-state index in [0.717, 1.165) is 53.8 Å². The highest BCUT2D eigenvalue weighted by atomic mass is 79.9. The van der Waals surface area contributed by atoms with E-state index in [1.807, 2.05) is 29.2 Å². The molecule has 132 valence electrons. The molecule has 1 saturated carbocycles. The highest BCUT2D eigenvalue weighted by Gasteiger charge is 2.26. The van der Waals surface area contributed by atoms with Crippen LogP contribution >= 0.6 is 15.9 Å². The first-order valence-electron chi connectivity index (χ1n) is 9.41. The second kappa shape index (κ2) is 8.37. The summed E-state index contributed by atoms with van der Waals surface area (Å²) in [5.41, 5.74) is 0.854. The van der Waals surface area contributed by atoms with Crippen LogP contribution in [-0.2, 0) is 0 Å². The number of rotatable bonds is 3. The van der Waals surface area contributed by atoms with E-state index in [9.17, 15) is 4.79 Å². The lowest BCUT2D eigenvalue weighted by Crippen LogP contribution is -2.41. The Labute approximate surface area is 154 Å². The molecule has 24 heavy (non-hydrogen) atoms. The minimum absolute atomic E-state index is 0.0399. The number of anilines is 1. The Morgan fingerprint density at radius 3 is 2.46 bits per heavy atom. The first-order chi connectivity index (χ1) is 11.6. The van der Waals surface area contributed by atoms with E-state index in [2.05, 4.69) is 28.2 Å². The molecule has 1 aromatic rings. The van der Waals surface area contributed by atoms with Gasteiger partial charge in [-0.1, -0.05) is 54.6 Å². The van der Waals surface area contributed by atoms with Crippen LogP contribution in [0, 0.1) is 17.8 Å². The number of carbonyl (C=O) groups excluding carboxylic acids is 1. The molecule has 4 heteroatoms. The van der Waals surface area contributed by atoms with Crippen LogP contribution < -0.4 is 5.32 Å². The second-order valence-electron chi connectivity index (χ2n) is 7.73. The van der Waals surface area contributed by atoms with E-state index in [1.54, 1.807) is 0 Å². The number of benzene rings is 1. The van der Waals surface area contributed by atoms with Gasteiger partial charge < -0.3 is 10.2 Å². The van der Waals surface area contributed by atoms with Crippen LogP contribution in [0.25, 0.3) is 0 Å². The monoisotopic (exact) mass is 392 g/mol. The fourth-order valence-corrected chi connectivity index (χ4v) is 4.58. The molecule has 0 bridgehead atoms. The third kappa shape index (κ3) is 4.98. The molecule has 1 aliphatic heterocycles. The van der Waals surface area contributed by atoms with Crippen LogP contribution in [-0.4, -0.2) is 24.0 Å². The summed E-state index contributed by atoms with van der Waals surface area (Å²) >= 11 is 3.44. The van der Waals surface area contributed by atoms with Crippen molar-refractivity contribution < 1.29 is 4.79 Å². The maximum atomic E-state index is 12.4. The summed E-state index contributed by atoms with van der Waals surface area (Å²) in [5, 5.41) is 3.01. The van der Waals surface area contributed by atoms with Gasteiger partial charge in [-0.05, 0) is 55.2 Å². The molecule has 0 aromatic heterocycles. The molecule has 1 heterocycles. The van der Waals surface area contributed by atoms with Gasteiger partial charge in [0.1, 0.15) is 0 Å². The van der Waals surface area contributed by atoms with E-state index in [-0.39, 0.29) is 6.03 Å². The fraction of sp³-hybridized carbons (Fsp3) is 0.650. The maximum Gasteiger partial charge on any atom is 0.321 e. The van der Waals surface area contributed by atoms with Crippen LogP contribution in [0.2, 0.25) is 0 Å². The summed E-state index contributed by atoms with van der Waals surface area (Å²) in [4.78, 5) is 14.4. The molecule has 2 amide bonds. The molecule has 0 unspecified atom stereocenters. The summed E-state index contributed by atoms with van der Waals surface area (Å²) in [5.74, 6) is 2.69. The molecule has 0 radical (unpaired) electrons. The number of halogens is 1. The van der Waals surface area contributed by atoms with Crippen molar-refractivity contribution in [2.24, 2.45) is 17.8 Å². The topological polar surface area (TPSA) is 32.3 Å². The Balaban J connectivity index is 1.42. The third-order valence-electron chi connectivity index (χ3n) is 5.78. The lowest BCUT2D eigenvalue weighted by Gasteiger charge is -2.35. The third-order valence-corrected chi connectivity index (χ3v) is 6.27. The maximum absolute atomic E-state index is 12.4. The predicted molar refractivity (Wildman–Crippen MR) is 103 cm³/mol. The highest BCUT2D eigenvalue weighted by Crippen LogP contribution is 2.35. The Bertz CT molecular complexity index is 546. The molecule has 3 nitrogen and oxygen atoms in total. The standard InChI is InChI=1S/C20H29BrN2O/c1-15-5-7-16(8-6-15)13-17-9-11-23(12-10-17)20(24)22-19-4-2-3-18(21)14-19/h2-4,14-17H,5-13H2,1H3,(H,22,24). The van der Waals surface area contributed by atoms with Crippen molar-refractivity contribution in [2.75, 3.05) is 18.4 Å². The van der Waals surface area contributed by atoms with Crippen molar-refractivity contribution in [3.8, 4) is 0 Å². The van der Waals surface area contributed by atoms with E-state index in [4.69, 9.17) is 0 Å².